The lowest BCUT2D eigenvalue weighted by molar-refractivity contribution is 0.712. The summed E-state index contributed by atoms with van der Waals surface area (Å²) in [5.74, 6) is 0. The van der Waals surface area contributed by atoms with Gasteiger partial charge in [0, 0.05) is 30.7 Å². The van der Waals surface area contributed by atoms with Crippen molar-refractivity contribution in [3.63, 3.8) is 0 Å². The summed E-state index contributed by atoms with van der Waals surface area (Å²) >= 11 is 1.72. The summed E-state index contributed by atoms with van der Waals surface area (Å²) in [4.78, 5) is 8.67. The molecule has 0 atom stereocenters. The van der Waals surface area contributed by atoms with Gasteiger partial charge in [0.2, 0.25) is 0 Å². The second-order valence-electron chi connectivity index (χ2n) is 3.55. The quantitative estimate of drug-likeness (QED) is 0.860. The molecule has 2 heterocycles. The Kier molecular flexibility index (Phi) is 4.02. The number of pyridine rings is 1. The predicted molar refractivity (Wildman–Crippen MR) is 66.5 cm³/mol. The van der Waals surface area contributed by atoms with Crippen LogP contribution in [0.25, 0.3) is 0 Å². The highest BCUT2D eigenvalue weighted by Crippen LogP contribution is 2.14. The smallest absolute Gasteiger partial charge is 0.0973 e. The maximum absolute atomic E-state index is 4.57. The maximum atomic E-state index is 4.57. The van der Waals surface area contributed by atoms with E-state index in [9.17, 15) is 0 Å². The summed E-state index contributed by atoms with van der Waals surface area (Å²) in [5.41, 5.74) is 2.34. The van der Waals surface area contributed by atoms with Gasteiger partial charge >= 0.3 is 0 Å². The molecule has 0 aliphatic rings. The van der Waals surface area contributed by atoms with E-state index in [1.807, 2.05) is 12.3 Å². The number of rotatable bonds is 5. The van der Waals surface area contributed by atoms with E-state index in [1.165, 1.54) is 5.56 Å². The Balaban J connectivity index is 1.97. The molecule has 0 unspecified atom stereocenters. The van der Waals surface area contributed by atoms with Crippen LogP contribution in [0.4, 0.5) is 0 Å². The number of thiazole rings is 1. The van der Waals surface area contributed by atoms with Gasteiger partial charge in [0.05, 0.1) is 10.7 Å². The first-order valence-corrected chi connectivity index (χ1v) is 6.29. The van der Waals surface area contributed by atoms with Crippen LogP contribution in [-0.4, -0.2) is 16.5 Å². The van der Waals surface area contributed by atoms with Crippen molar-refractivity contribution in [1.82, 2.24) is 15.3 Å². The summed E-state index contributed by atoms with van der Waals surface area (Å²) in [6.45, 7) is 3.94. The molecule has 0 aromatic carbocycles. The number of aromatic nitrogens is 2. The maximum Gasteiger partial charge on any atom is 0.0973 e. The summed E-state index contributed by atoms with van der Waals surface area (Å²) < 4.78 is 0. The molecule has 16 heavy (non-hydrogen) atoms. The van der Waals surface area contributed by atoms with E-state index in [0.717, 1.165) is 30.2 Å². The topological polar surface area (TPSA) is 37.8 Å². The lowest BCUT2D eigenvalue weighted by Gasteiger charge is -1.97. The monoisotopic (exact) mass is 233 g/mol. The normalized spacial score (nSPS) is 10.6. The van der Waals surface area contributed by atoms with Crippen molar-refractivity contribution in [2.75, 3.05) is 6.54 Å². The Labute approximate surface area is 99.6 Å². The fraction of sp³-hybridized carbons (Fsp3) is 0.333. The zero-order valence-corrected chi connectivity index (χ0v) is 10.1. The standard InChI is InChI=1S/C12H15N3S/c1-2-13-8-11-9-16-12(15-11)6-10-4-3-5-14-7-10/h3-5,7,9,13H,2,6,8H2,1H3. The van der Waals surface area contributed by atoms with E-state index in [4.69, 9.17) is 0 Å². The van der Waals surface area contributed by atoms with Gasteiger partial charge < -0.3 is 5.32 Å². The minimum atomic E-state index is 0.861. The van der Waals surface area contributed by atoms with Gasteiger partial charge in [-0.25, -0.2) is 4.98 Å². The first kappa shape index (κ1) is 11.2. The van der Waals surface area contributed by atoms with Crippen LogP contribution in [0.5, 0.6) is 0 Å². The van der Waals surface area contributed by atoms with Gasteiger partial charge in [-0.1, -0.05) is 13.0 Å². The van der Waals surface area contributed by atoms with Crippen LogP contribution >= 0.6 is 11.3 Å². The first-order valence-electron chi connectivity index (χ1n) is 5.41. The van der Waals surface area contributed by atoms with Crippen LogP contribution in [0.15, 0.2) is 29.9 Å². The van der Waals surface area contributed by atoms with Crippen LogP contribution < -0.4 is 5.32 Å². The molecular formula is C12H15N3S. The third-order valence-electron chi connectivity index (χ3n) is 2.23. The Morgan fingerprint density at radius 3 is 3.12 bits per heavy atom. The van der Waals surface area contributed by atoms with E-state index in [2.05, 4.69) is 33.7 Å². The third kappa shape index (κ3) is 3.12. The van der Waals surface area contributed by atoms with Gasteiger partial charge in [-0.3, -0.25) is 4.98 Å². The number of nitrogens with one attached hydrogen (secondary N) is 1. The zero-order chi connectivity index (χ0) is 11.2. The van der Waals surface area contributed by atoms with Crippen molar-refractivity contribution in [2.45, 2.75) is 19.9 Å². The SMILES string of the molecule is CCNCc1csc(Cc2cccnc2)n1. The molecule has 84 valence electrons. The molecule has 0 aliphatic heterocycles. The van der Waals surface area contributed by atoms with Crippen LogP contribution in [0.1, 0.15) is 23.2 Å². The second kappa shape index (κ2) is 5.72. The number of hydrogen-bond acceptors (Lipinski definition) is 4. The highest BCUT2D eigenvalue weighted by molar-refractivity contribution is 7.09. The molecule has 2 rings (SSSR count). The van der Waals surface area contributed by atoms with Gasteiger partial charge in [0.15, 0.2) is 0 Å². The Morgan fingerprint density at radius 1 is 1.44 bits per heavy atom. The van der Waals surface area contributed by atoms with E-state index in [0.29, 0.717) is 0 Å². The zero-order valence-electron chi connectivity index (χ0n) is 9.31. The lowest BCUT2D eigenvalue weighted by Crippen LogP contribution is -2.11. The minimum Gasteiger partial charge on any atom is -0.311 e. The third-order valence-corrected chi connectivity index (χ3v) is 3.13. The van der Waals surface area contributed by atoms with Crippen molar-refractivity contribution in [2.24, 2.45) is 0 Å². The molecule has 0 bridgehead atoms. The average molecular weight is 233 g/mol. The fourth-order valence-corrected chi connectivity index (χ4v) is 2.27. The van der Waals surface area contributed by atoms with Crippen LogP contribution in [0.2, 0.25) is 0 Å². The molecular weight excluding hydrogens is 218 g/mol. The Morgan fingerprint density at radius 2 is 2.38 bits per heavy atom. The number of hydrogen-bond donors (Lipinski definition) is 1. The molecule has 2 aromatic rings. The number of nitrogens with zero attached hydrogens (tertiary/aromatic N) is 2. The van der Waals surface area contributed by atoms with Crippen LogP contribution in [0.3, 0.4) is 0 Å². The molecule has 0 radical (unpaired) electrons. The summed E-state index contributed by atoms with van der Waals surface area (Å²) in [5, 5.41) is 6.55. The van der Waals surface area contributed by atoms with Crippen molar-refractivity contribution in [3.05, 3.63) is 46.2 Å². The van der Waals surface area contributed by atoms with E-state index in [-0.39, 0.29) is 0 Å². The van der Waals surface area contributed by atoms with E-state index in [1.54, 1.807) is 17.5 Å². The molecule has 3 nitrogen and oxygen atoms in total. The summed E-state index contributed by atoms with van der Waals surface area (Å²) in [7, 11) is 0. The van der Waals surface area contributed by atoms with Gasteiger partial charge in [-0.15, -0.1) is 11.3 Å². The summed E-state index contributed by atoms with van der Waals surface area (Å²) in [6, 6.07) is 4.04. The predicted octanol–water partition coefficient (Wildman–Crippen LogP) is 2.24. The molecule has 1 N–H and O–H groups in total. The van der Waals surface area contributed by atoms with Gasteiger partial charge in [0.25, 0.3) is 0 Å². The molecule has 0 spiro atoms. The fourth-order valence-electron chi connectivity index (χ4n) is 1.44. The van der Waals surface area contributed by atoms with Gasteiger partial charge in [-0.2, -0.15) is 0 Å². The van der Waals surface area contributed by atoms with Crippen molar-refractivity contribution >= 4 is 11.3 Å². The van der Waals surface area contributed by atoms with Crippen molar-refractivity contribution in [1.29, 1.82) is 0 Å². The molecule has 0 saturated heterocycles. The average Bonchev–Trinajstić information content (AvgIpc) is 2.75. The van der Waals surface area contributed by atoms with E-state index >= 15 is 0 Å². The van der Waals surface area contributed by atoms with Crippen LogP contribution in [0, 0.1) is 0 Å². The molecule has 4 heteroatoms. The molecule has 0 saturated carbocycles. The largest absolute Gasteiger partial charge is 0.311 e. The Hall–Kier alpha value is -1.26. The van der Waals surface area contributed by atoms with Crippen molar-refractivity contribution in [3.8, 4) is 0 Å². The molecule has 0 aliphatic carbocycles. The minimum absolute atomic E-state index is 0.861. The highest BCUT2D eigenvalue weighted by atomic mass is 32.1. The molecule has 0 fully saturated rings. The molecule has 0 amide bonds. The van der Waals surface area contributed by atoms with Gasteiger partial charge in [0.1, 0.15) is 0 Å². The second-order valence-corrected chi connectivity index (χ2v) is 4.49. The summed E-state index contributed by atoms with van der Waals surface area (Å²) in [6.07, 6.45) is 4.57. The van der Waals surface area contributed by atoms with E-state index < -0.39 is 0 Å². The molecule has 2 aromatic heterocycles. The lowest BCUT2D eigenvalue weighted by atomic mass is 10.2. The van der Waals surface area contributed by atoms with Crippen LogP contribution in [-0.2, 0) is 13.0 Å². The Bertz CT molecular complexity index is 425. The van der Waals surface area contributed by atoms with Gasteiger partial charge in [-0.05, 0) is 18.2 Å². The van der Waals surface area contributed by atoms with Crippen molar-refractivity contribution < 1.29 is 0 Å². The first-order chi connectivity index (χ1) is 7.88. The highest BCUT2D eigenvalue weighted by Gasteiger charge is 2.02.